The molecule has 112 valence electrons. The van der Waals surface area contributed by atoms with Crippen molar-refractivity contribution in [2.75, 3.05) is 6.54 Å². The SMILES string of the molecule is O=C(O)CCN(C(=O)c1cccc([N+](=O)[O-])c1Br)C1CC1. The minimum absolute atomic E-state index is 0.0306. The van der Waals surface area contributed by atoms with Gasteiger partial charge in [0, 0.05) is 18.7 Å². The van der Waals surface area contributed by atoms with Crippen LogP contribution in [0.4, 0.5) is 5.69 Å². The van der Waals surface area contributed by atoms with Crippen LogP contribution < -0.4 is 0 Å². The van der Waals surface area contributed by atoms with Gasteiger partial charge in [-0.1, -0.05) is 6.07 Å². The number of hydrogen-bond donors (Lipinski definition) is 1. The molecule has 1 aliphatic rings. The van der Waals surface area contributed by atoms with Crippen LogP contribution in [-0.4, -0.2) is 39.4 Å². The maximum absolute atomic E-state index is 12.5. The molecule has 0 saturated heterocycles. The number of carbonyl (C=O) groups is 2. The second-order valence-electron chi connectivity index (χ2n) is 4.77. The molecule has 0 radical (unpaired) electrons. The van der Waals surface area contributed by atoms with E-state index in [0.29, 0.717) is 0 Å². The molecular weight excluding hydrogens is 344 g/mol. The lowest BCUT2D eigenvalue weighted by Gasteiger charge is -2.22. The Morgan fingerprint density at radius 1 is 1.43 bits per heavy atom. The van der Waals surface area contributed by atoms with Gasteiger partial charge >= 0.3 is 5.97 Å². The monoisotopic (exact) mass is 356 g/mol. The van der Waals surface area contributed by atoms with Crippen LogP contribution in [0.25, 0.3) is 0 Å². The highest BCUT2D eigenvalue weighted by atomic mass is 79.9. The number of nitrogens with zero attached hydrogens (tertiary/aromatic N) is 2. The quantitative estimate of drug-likeness (QED) is 0.623. The van der Waals surface area contributed by atoms with E-state index in [-0.39, 0.29) is 40.6 Å². The Bertz CT molecular complexity index is 600. The fourth-order valence-corrected chi connectivity index (χ4v) is 2.61. The van der Waals surface area contributed by atoms with E-state index in [1.54, 1.807) is 0 Å². The predicted molar refractivity (Wildman–Crippen MR) is 77.1 cm³/mol. The average Bonchev–Trinajstić information content (AvgIpc) is 3.22. The molecule has 0 bridgehead atoms. The van der Waals surface area contributed by atoms with Crippen molar-refractivity contribution in [3.63, 3.8) is 0 Å². The number of carboxylic acid groups (broad SMARTS) is 1. The molecule has 1 saturated carbocycles. The molecule has 0 aromatic heterocycles. The van der Waals surface area contributed by atoms with Gasteiger partial charge in [-0.2, -0.15) is 0 Å². The molecule has 0 aliphatic heterocycles. The van der Waals surface area contributed by atoms with E-state index in [0.717, 1.165) is 12.8 Å². The fourth-order valence-electron chi connectivity index (χ4n) is 2.03. The number of benzene rings is 1. The highest BCUT2D eigenvalue weighted by molar-refractivity contribution is 9.10. The number of hydrogen-bond acceptors (Lipinski definition) is 4. The zero-order valence-corrected chi connectivity index (χ0v) is 12.6. The van der Waals surface area contributed by atoms with Crippen LogP contribution in [0.3, 0.4) is 0 Å². The Labute approximate surface area is 128 Å². The number of carboxylic acids is 1. The summed E-state index contributed by atoms with van der Waals surface area (Å²) < 4.78 is 0.126. The molecule has 8 heteroatoms. The molecule has 0 atom stereocenters. The lowest BCUT2D eigenvalue weighted by atomic mass is 10.1. The summed E-state index contributed by atoms with van der Waals surface area (Å²) >= 11 is 3.09. The van der Waals surface area contributed by atoms with Crippen LogP contribution in [0.2, 0.25) is 0 Å². The summed E-state index contributed by atoms with van der Waals surface area (Å²) in [5.41, 5.74) is -0.00341. The number of nitro groups is 1. The summed E-state index contributed by atoms with van der Waals surface area (Å²) in [6.07, 6.45) is 1.52. The fraction of sp³-hybridized carbons (Fsp3) is 0.385. The zero-order chi connectivity index (χ0) is 15.6. The van der Waals surface area contributed by atoms with Gasteiger partial charge in [0.05, 0.1) is 16.9 Å². The molecule has 0 spiro atoms. The standard InChI is InChI=1S/C13H13BrN2O5/c14-12-9(2-1-3-10(12)16(20)21)13(19)15(8-4-5-8)7-6-11(17)18/h1-3,8H,4-7H2,(H,17,18). The summed E-state index contributed by atoms with van der Waals surface area (Å²) in [6, 6.07) is 4.27. The summed E-state index contributed by atoms with van der Waals surface area (Å²) in [7, 11) is 0. The van der Waals surface area contributed by atoms with Gasteiger partial charge in [0.25, 0.3) is 11.6 Å². The highest BCUT2D eigenvalue weighted by Crippen LogP contribution is 2.33. The summed E-state index contributed by atoms with van der Waals surface area (Å²) in [4.78, 5) is 35.0. The van der Waals surface area contributed by atoms with E-state index in [2.05, 4.69) is 15.9 Å². The van der Waals surface area contributed by atoms with Gasteiger partial charge < -0.3 is 10.0 Å². The highest BCUT2D eigenvalue weighted by Gasteiger charge is 2.34. The smallest absolute Gasteiger partial charge is 0.305 e. The van der Waals surface area contributed by atoms with Crippen molar-refractivity contribution in [3.05, 3.63) is 38.3 Å². The molecule has 0 heterocycles. The maximum Gasteiger partial charge on any atom is 0.305 e. The molecule has 1 amide bonds. The second kappa shape index (κ2) is 6.21. The van der Waals surface area contributed by atoms with Gasteiger partial charge in [-0.05, 0) is 34.8 Å². The van der Waals surface area contributed by atoms with E-state index in [1.165, 1.54) is 23.1 Å². The van der Waals surface area contributed by atoms with E-state index in [9.17, 15) is 19.7 Å². The summed E-state index contributed by atoms with van der Waals surface area (Å²) in [5.74, 6) is -1.36. The third kappa shape index (κ3) is 3.57. The Hall–Kier alpha value is -1.96. The van der Waals surface area contributed by atoms with Crippen LogP contribution in [0.5, 0.6) is 0 Å². The van der Waals surface area contributed by atoms with Crippen LogP contribution in [0.1, 0.15) is 29.6 Å². The molecule has 1 fully saturated rings. The van der Waals surface area contributed by atoms with Crippen LogP contribution in [-0.2, 0) is 4.79 Å². The third-order valence-corrected chi connectivity index (χ3v) is 4.05. The topological polar surface area (TPSA) is 101 Å². The Kier molecular flexibility index (Phi) is 4.56. The summed E-state index contributed by atoms with van der Waals surface area (Å²) in [5, 5.41) is 19.7. The van der Waals surface area contributed by atoms with Gasteiger partial charge in [-0.3, -0.25) is 19.7 Å². The Morgan fingerprint density at radius 3 is 2.62 bits per heavy atom. The first-order chi connectivity index (χ1) is 9.91. The third-order valence-electron chi connectivity index (χ3n) is 3.22. The van der Waals surface area contributed by atoms with E-state index >= 15 is 0 Å². The van der Waals surface area contributed by atoms with Crippen molar-refractivity contribution in [3.8, 4) is 0 Å². The molecule has 1 N–H and O–H groups in total. The van der Waals surface area contributed by atoms with Crippen LogP contribution in [0, 0.1) is 10.1 Å². The van der Waals surface area contributed by atoms with Crippen LogP contribution >= 0.6 is 15.9 Å². The van der Waals surface area contributed by atoms with E-state index < -0.39 is 10.9 Å². The molecule has 1 aromatic rings. The maximum atomic E-state index is 12.5. The molecule has 7 nitrogen and oxygen atoms in total. The first-order valence-electron chi connectivity index (χ1n) is 6.37. The minimum Gasteiger partial charge on any atom is -0.481 e. The lowest BCUT2D eigenvalue weighted by molar-refractivity contribution is -0.385. The van der Waals surface area contributed by atoms with Crippen LogP contribution in [0.15, 0.2) is 22.7 Å². The van der Waals surface area contributed by atoms with Crippen molar-refractivity contribution in [1.29, 1.82) is 0 Å². The van der Waals surface area contributed by atoms with Crippen molar-refractivity contribution in [1.82, 2.24) is 4.90 Å². The summed E-state index contributed by atoms with van der Waals surface area (Å²) in [6.45, 7) is 0.105. The second-order valence-corrected chi connectivity index (χ2v) is 5.56. The average molecular weight is 357 g/mol. The zero-order valence-electron chi connectivity index (χ0n) is 11.0. The van der Waals surface area contributed by atoms with Crippen molar-refractivity contribution >= 4 is 33.5 Å². The van der Waals surface area contributed by atoms with E-state index in [1.807, 2.05) is 0 Å². The van der Waals surface area contributed by atoms with Crippen molar-refractivity contribution < 1.29 is 19.6 Å². The molecular formula is C13H13BrN2O5. The first-order valence-corrected chi connectivity index (χ1v) is 7.16. The van der Waals surface area contributed by atoms with Crippen molar-refractivity contribution in [2.45, 2.75) is 25.3 Å². The minimum atomic E-state index is -0.980. The van der Waals surface area contributed by atoms with Gasteiger partial charge in [-0.15, -0.1) is 0 Å². The molecule has 1 aromatic carbocycles. The van der Waals surface area contributed by atoms with Gasteiger partial charge in [0.2, 0.25) is 0 Å². The normalized spacial score (nSPS) is 13.8. The molecule has 0 unspecified atom stereocenters. The lowest BCUT2D eigenvalue weighted by Crippen LogP contribution is -2.35. The number of aliphatic carboxylic acids is 1. The Balaban J connectivity index is 2.26. The number of rotatable bonds is 6. The van der Waals surface area contributed by atoms with Gasteiger partial charge in [0.15, 0.2) is 0 Å². The van der Waals surface area contributed by atoms with Gasteiger partial charge in [0.1, 0.15) is 4.47 Å². The number of carbonyl (C=O) groups excluding carboxylic acids is 1. The number of amides is 1. The Morgan fingerprint density at radius 2 is 2.10 bits per heavy atom. The van der Waals surface area contributed by atoms with Crippen molar-refractivity contribution in [2.24, 2.45) is 0 Å². The number of nitro benzene ring substituents is 1. The molecule has 2 rings (SSSR count). The molecule has 21 heavy (non-hydrogen) atoms. The molecule has 1 aliphatic carbocycles. The van der Waals surface area contributed by atoms with Gasteiger partial charge in [-0.25, -0.2) is 0 Å². The first kappa shape index (κ1) is 15.4. The predicted octanol–water partition coefficient (Wildman–Crippen LogP) is 2.44. The van der Waals surface area contributed by atoms with E-state index in [4.69, 9.17) is 5.11 Å². The largest absolute Gasteiger partial charge is 0.481 e. The number of halogens is 1.